The minimum absolute atomic E-state index is 0.177. The van der Waals surface area contributed by atoms with Gasteiger partial charge in [-0.3, -0.25) is 14.3 Å². The van der Waals surface area contributed by atoms with Crippen LogP contribution in [0.1, 0.15) is 19.4 Å². The molecule has 254 valence electrons. The number of methoxy groups -OCH3 is 5. The fraction of sp³-hybridized carbons (Fsp3) is 0.323. The van der Waals surface area contributed by atoms with E-state index in [4.69, 9.17) is 23.7 Å². The smallest absolute Gasteiger partial charge is 0.345 e. The second-order valence-electron chi connectivity index (χ2n) is 10.8. The summed E-state index contributed by atoms with van der Waals surface area (Å²) in [7, 11) is 5.97. The summed E-state index contributed by atoms with van der Waals surface area (Å²) in [5.41, 5.74) is -0.479. The number of aromatic nitrogens is 1. The number of nitrogens with zero attached hydrogens (tertiary/aromatic N) is 2. The van der Waals surface area contributed by atoms with Gasteiger partial charge >= 0.3 is 23.9 Å². The summed E-state index contributed by atoms with van der Waals surface area (Å²) in [6, 6.07) is 7.36. The van der Waals surface area contributed by atoms with Crippen molar-refractivity contribution in [2.45, 2.75) is 30.0 Å². The lowest BCUT2D eigenvalue weighted by atomic mass is 9.83. The first-order chi connectivity index (χ1) is 22.7. The molecular weight excluding hydrogens is 689 g/mol. The molecule has 1 spiro atoms. The zero-order chi connectivity index (χ0) is 35.3. The third-order valence-corrected chi connectivity index (χ3v) is 12.5. The molecule has 1 aromatic heterocycles. The Labute approximate surface area is 287 Å². The van der Waals surface area contributed by atoms with Crippen molar-refractivity contribution in [1.82, 2.24) is 4.57 Å². The molecule has 14 nitrogen and oxygen atoms in total. The van der Waals surface area contributed by atoms with E-state index in [1.165, 1.54) is 24.1 Å². The van der Waals surface area contributed by atoms with Crippen molar-refractivity contribution in [3.05, 3.63) is 61.1 Å². The van der Waals surface area contributed by atoms with E-state index in [-0.39, 0.29) is 32.0 Å². The van der Waals surface area contributed by atoms with Crippen LogP contribution in [0.2, 0.25) is 0 Å². The zero-order valence-corrected chi connectivity index (χ0v) is 29.1. The third-order valence-electron chi connectivity index (χ3n) is 7.82. The van der Waals surface area contributed by atoms with E-state index >= 15 is 0 Å². The highest BCUT2D eigenvalue weighted by atomic mass is 32.2. The number of thioether (sulfide) groups is 3. The maximum Gasteiger partial charge on any atom is 0.345 e. The molecule has 0 atom stereocenters. The Morgan fingerprint density at radius 3 is 1.77 bits per heavy atom. The van der Waals surface area contributed by atoms with Crippen LogP contribution in [0.3, 0.4) is 0 Å². The molecule has 17 heteroatoms. The molecule has 3 aliphatic rings. The monoisotopic (exact) mass is 718 g/mol. The van der Waals surface area contributed by atoms with Crippen molar-refractivity contribution in [2.24, 2.45) is 0 Å². The SMILES string of the molecule is COC(=O)C1=C(C(=O)OC)SC2(S1)C(C(=O)OC)=C(C(=O)OC)SC1=C2c2ccc(OC)cc2N(C(=O)Cn2c(O)ccc2O)C1(C)C. The highest BCUT2D eigenvalue weighted by Crippen LogP contribution is 2.71. The summed E-state index contributed by atoms with van der Waals surface area (Å²) < 4.78 is 25.1. The van der Waals surface area contributed by atoms with E-state index < -0.39 is 45.9 Å². The van der Waals surface area contributed by atoms with Gasteiger partial charge in [-0.1, -0.05) is 35.3 Å². The van der Waals surface area contributed by atoms with Crippen molar-refractivity contribution in [1.29, 1.82) is 0 Å². The fourth-order valence-electron chi connectivity index (χ4n) is 5.68. The number of fused-ring (bicyclic) bond motifs is 3. The maximum absolute atomic E-state index is 14.3. The summed E-state index contributed by atoms with van der Waals surface area (Å²) in [4.78, 5) is 69.2. The van der Waals surface area contributed by atoms with Gasteiger partial charge in [-0.2, -0.15) is 0 Å². The van der Waals surface area contributed by atoms with Crippen molar-refractivity contribution in [3.8, 4) is 17.5 Å². The van der Waals surface area contributed by atoms with Crippen LogP contribution in [0.25, 0.3) is 5.57 Å². The lowest BCUT2D eigenvalue weighted by molar-refractivity contribution is -0.138. The topological polar surface area (TPSA) is 180 Å². The highest BCUT2D eigenvalue weighted by molar-refractivity contribution is 8.26. The Kier molecular flexibility index (Phi) is 9.33. The third kappa shape index (κ3) is 5.29. The molecule has 0 saturated carbocycles. The molecule has 0 fully saturated rings. The van der Waals surface area contributed by atoms with Gasteiger partial charge in [-0.15, -0.1) is 0 Å². The molecule has 0 unspecified atom stereocenters. The molecule has 0 radical (unpaired) electrons. The normalized spacial score (nSPS) is 17.5. The predicted molar refractivity (Wildman–Crippen MR) is 177 cm³/mol. The molecule has 2 aromatic rings. The van der Waals surface area contributed by atoms with Crippen LogP contribution in [0.5, 0.6) is 17.5 Å². The second kappa shape index (κ2) is 12.9. The predicted octanol–water partition coefficient (Wildman–Crippen LogP) is 3.53. The van der Waals surface area contributed by atoms with Gasteiger partial charge in [0, 0.05) is 34.2 Å². The number of anilines is 1. The molecule has 48 heavy (non-hydrogen) atoms. The molecule has 3 aliphatic heterocycles. The van der Waals surface area contributed by atoms with Crippen molar-refractivity contribution < 1.29 is 57.9 Å². The molecule has 1 amide bonds. The van der Waals surface area contributed by atoms with E-state index in [0.717, 1.165) is 68.3 Å². The van der Waals surface area contributed by atoms with Crippen LogP contribution in [-0.4, -0.2) is 89.7 Å². The quantitative estimate of drug-likeness (QED) is 0.313. The Morgan fingerprint density at radius 1 is 0.750 bits per heavy atom. The highest BCUT2D eigenvalue weighted by Gasteiger charge is 2.61. The number of rotatable bonds is 7. The Morgan fingerprint density at radius 2 is 1.27 bits per heavy atom. The Balaban J connectivity index is 1.86. The van der Waals surface area contributed by atoms with E-state index in [0.29, 0.717) is 27.5 Å². The summed E-state index contributed by atoms with van der Waals surface area (Å²) in [6.45, 7) is 2.92. The zero-order valence-electron chi connectivity index (χ0n) is 26.7. The summed E-state index contributed by atoms with van der Waals surface area (Å²) >= 11 is 2.49. The van der Waals surface area contributed by atoms with Crippen molar-refractivity contribution >= 4 is 76.3 Å². The average molecular weight is 719 g/mol. The lowest BCUT2D eigenvalue weighted by Gasteiger charge is -2.50. The molecule has 4 heterocycles. The molecule has 0 saturated heterocycles. The first kappa shape index (κ1) is 34.8. The standard InChI is InChI=1S/C31H30N2O12S3/c1-30(2)25-20(15-9-8-14(41-3)12-16(15)33(30)19(36)13-32-17(34)10-11-18(32)35)31(21(26(37)42-4)22(46-25)27(38)43-5)47-23(28(39)44-6)24(48-31)29(40)45-7/h8-12,34-35H,13H2,1-7H3. The minimum Gasteiger partial charge on any atom is -0.497 e. The first-order valence-corrected chi connectivity index (χ1v) is 16.4. The minimum atomic E-state index is -1.75. The maximum atomic E-state index is 14.3. The van der Waals surface area contributed by atoms with Gasteiger partial charge in [0.2, 0.25) is 5.91 Å². The molecular formula is C31H30N2O12S3. The van der Waals surface area contributed by atoms with Crippen LogP contribution in [0, 0.1) is 0 Å². The van der Waals surface area contributed by atoms with E-state index in [1.807, 2.05) is 0 Å². The summed E-state index contributed by atoms with van der Waals surface area (Å²) in [5.74, 6) is -4.52. The molecule has 0 bridgehead atoms. The van der Waals surface area contributed by atoms with Crippen LogP contribution < -0.4 is 9.64 Å². The van der Waals surface area contributed by atoms with Gasteiger partial charge < -0.3 is 33.9 Å². The van der Waals surface area contributed by atoms with Crippen molar-refractivity contribution in [3.63, 3.8) is 0 Å². The fourth-order valence-corrected chi connectivity index (χ4v) is 10.7. The van der Waals surface area contributed by atoms with Crippen LogP contribution in [0.15, 0.2) is 55.5 Å². The number of esters is 4. The van der Waals surface area contributed by atoms with Crippen molar-refractivity contribution in [2.75, 3.05) is 40.4 Å². The number of hydrogen-bond donors (Lipinski definition) is 2. The number of aromatic hydroxyl groups is 2. The molecule has 5 rings (SSSR count). The number of benzene rings is 1. The van der Waals surface area contributed by atoms with Gasteiger partial charge in [0.05, 0.1) is 52.3 Å². The summed E-state index contributed by atoms with van der Waals surface area (Å²) in [5, 5.41) is 20.7. The van der Waals surface area contributed by atoms with Gasteiger partial charge in [0.25, 0.3) is 0 Å². The summed E-state index contributed by atoms with van der Waals surface area (Å²) in [6.07, 6.45) is 0. The molecule has 0 aliphatic carbocycles. The van der Waals surface area contributed by atoms with E-state index in [1.54, 1.807) is 32.0 Å². The lowest BCUT2D eigenvalue weighted by Crippen LogP contribution is -2.54. The van der Waals surface area contributed by atoms with E-state index in [2.05, 4.69) is 0 Å². The number of amides is 1. The van der Waals surface area contributed by atoms with Crippen LogP contribution in [-0.2, 0) is 49.5 Å². The largest absolute Gasteiger partial charge is 0.497 e. The van der Waals surface area contributed by atoms with Crippen LogP contribution >= 0.6 is 35.3 Å². The second-order valence-corrected chi connectivity index (χ2v) is 14.5. The first-order valence-electron chi connectivity index (χ1n) is 13.9. The van der Waals surface area contributed by atoms with Gasteiger partial charge in [0.1, 0.15) is 31.1 Å². The molecule has 1 aromatic carbocycles. The Hall–Kier alpha value is -4.48. The Bertz CT molecular complexity index is 1830. The van der Waals surface area contributed by atoms with Gasteiger partial charge in [-0.25, -0.2) is 19.2 Å². The molecule has 2 N–H and O–H groups in total. The van der Waals surface area contributed by atoms with Gasteiger partial charge in [-0.05, 0) is 26.0 Å². The number of carbonyl (C=O) groups is 5. The van der Waals surface area contributed by atoms with Crippen LogP contribution in [0.4, 0.5) is 5.69 Å². The van der Waals surface area contributed by atoms with Gasteiger partial charge in [0.15, 0.2) is 11.8 Å². The number of ether oxygens (including phenoxy) is 5. The number of hydrogen-bond acceptors (Lipinski definition) is 15. The van der Waals surface area contributed by atoms with E-state index in [9.17, 15) is 34.2 Å². The number of carbonyl (C=O) groups excluding carboxylic acids is 5. The average Bonchev–Trinajstić information content (AvgIpc) is 3.62.